The zero-order chi connectivity index (χ0) is 15.8. The molecule has 0 saturated carbocycles. The van der Waals surface area contributed by atoms with E-state index in [1.165, 1.54) is 11.3 Å². The molecule has 0 N–H and O–H groups in total. The van der Waals surface area contributed by atoms with Gasteiger partial charge in [-0.25, -0.2) is 9.55 Å². The molecule has 4 rings (SSSR count). The Morgan fingerprint density at radius 1 is 0.957 bits per heavy atom. The first-order valence-corrected chi connectivity index (χ1v) is 7.93. The highest BCUT2D eigenvalue weighted by Gasteiger charge is 2.16. The van der Waals surface area contributed by atoms with Crippen molar-refractivity contribution < 1.29 is 0 Å². The molecule has 0 fully saturated rings. The summed E-state index contributed by atoms with van der Waals surface area (Å²) >= 11 is 1.37. The van der Waals surface area contributed by atoms with E-state index in [1.807, 2.05) is 55.5 Å². The maximum atomic E-state index is 13.0. The SMILES string of the molecule is Cc1nnc(-n2c(-c3ccccc3)nc3ccccc3c2=O)s1. The van der Waals surface area contributed by atoms with E-state index in [1.54, 1.807) is 10.6 Å². The number of hydrogen-bond acceptors (Lipinski definition) is 5. The third-order valence-electron chi connectivity index (χ3n) is 3.51. The molecule has 0 bridgehead atoms. The molecule has 0 radical (unpaired) electrons. The van der Waals surface area contributed by atoms with Gasteiger partial charge in [-0.1, -0.05) is 53.8 Å². The van der Waals surface area contributed by atoms with Gasteiger partial charge < -0.3 is 0 Å². The summed E-state index contributed by atoms with van der Waals surface area (Å²) < 4.78 is 1.54. The van der Waals surface area contributed by atoms with Crippen LogP contribution in [0, 0.1) is 6.92 Å². The summed E-state index contributed by atoms with van der Waals surface area (Å²) in [6, 6.07) is 17.0. The van der Waals surface area contributed by atoms with Crippen LogP contribution in [0.2, 0.25) is 0 Å². The fourth-order valence-electron chi connectivity index (χ4n) is 2.47. The van der Waals surface area contributed by atoms with Gasteiger partial charge >= 0.3 is 0 Å². The van der Waals surface area contributed by atoms with Gasteiger partial charge in [0.05, 0.1) is 10.9 Å². The number of aryl methyl sites for hydroxylation is 1. The number of hydrogen-bond donors (Lipinski definition) is 0. The highest BCUT2D eigenvalue weighted by atomic mass is 32.1. The first-order valence-electron chi connectivity index (χ1n) is 7.12. The summed E-state index contributed by atoms with van der Waals surface area (Å²) in [6.45, 7) is 1.86. The van der Waals surface area contributed by atoms with E-state index in [0.717, 1.165) is 10.6 Å². The van der Waals surface area contributed by atoms with Crippen molar-refractivity contribution >= 4 is 22.2 Å². The lowest BCUT2D eigenvalue weighted by Gasteiger charge is -2.10. The van der Waals surface area contributed by atoms with Crippen LogP contribution in [0.25, 0.3) is 27.4 Å². The lowest BCUT2D eigenvalue weighted by atomic mass is 10.2. The Morgan fingerprint density at radius 2 is 1.70 bits per heavy atom. The Bertz CT molecular complexity index is 1050. The molecule has 0 aliphatic carbocycles. The molecule has 2 aromatic heterocycles. The van der Waals surface area contributed by atoms with E-state index in [-0.39, 0.29) is 5.56 Å². The van der Waals surface area contributed by atoms with Crippen LogP contribution < -0.4 is 5.56 Å². The fourth-order valence-corrected chi connectivity index (χ4v) is 3.16. The van der Waals surface area contributed by atoms with Crippen molar-refractivity contribution in [1.29, 1.82) is 0 Å². The van der Waals surface area contributed by atoms with Crippen molar-refractivity contribution in [2.75, 3.05) is 0 Å². The maximum absolute atomic E-state index is 13.0. The molecule has 0 amide bonds. The predicted molar refractivity (Wildman–Crippen MR) is 91.0 cm³/mol. The maximum Gasteiger partial charge on any atom is 0.268 e. The Labute approximate surface area is 135 Å². The van der Waals surface area contributed by atoms with Crippen molar-refractivity contribution in [1.82, 2.24) is 19.7 Å². The van der Waals surface area contributed by atoms with Gasteiger partial charge in [-0.15, -0.1) is 10.2 Å². The third kappa shape index (κ3) is 2.33. The molecule has 0 atom stereocenters. The summed E-state index contributed by atoms with van der Waals surface area (Å²) in [5.41, 5.74) is 1.41. The van der Waals surface area contributed by atoms with E-state index in [9.17, 15) is 4.79 Å². The van der Waals surface area contributed by atoms with Gasteiger partial charge in [0.25, 0.3) is 5.56 Å². The minimum Gasteiger partial charge on any atom is -0.268 e. The Morgan fingerprint density at radius 3 is 2.43 bits per heavy atom. The van der Waals surface area contributed by atoms with Crippen molar-refractivity contribution in [3.63, 3.8) is 0 Å². The summed E-state index contributed by atoms with van der Waals surface area (Å²) in [5, 5.41) is 10.1. The highest BCUT2D eigenvalue weighted by molar-refractivity contribution is 7.13. The van der Waals surface area contributed by atoms with Gasteiger partial charge in [0, 0.05) is 5.56 Å². The number of aromatic nitrogens is 4. The molecular weight excluding hydrogens is 308 g/mol. The summed E-state index contributed by atoms with van der Waals surface area (Å²) in [7, 11) is 0. The molecule has 2 aromatic carbocycles. The average molecular weight is 320 g/mol. The second-order valence-corrected chi connectivity index (χ2v) is 6.22. The Balaban J connectivity index is 2.13. The normalized spacial score (nSPS) is 11.0. The number of para-hydroxylation sites is 1. The van der Waals surface area contributed by atoms with Gasteiger partial charge in [0.15, 0.2) is 0 Å². The predicted octanol–water partition coefficient (Wildman–Crippen LogP) is 3.21. The van der Waals surface area contributed by atoms with Crippen LogP contribution in [-0.2, 0) is 0 Å². The van der Waals surface area contributed by atoms with E-state index >= 15 is 0 Å². The molecule has 0 saturated heterocycles. The van der Waals surface area contributed by atoms with Crippen LogP contribution in [0.5, 0.6) is 0 Å². The lowest BCUT2D eigenvalue weighted by molar-refractivity contribution is 0.913. The number of benzene rings is 2. The van der Waals surface area contributed by atoms with Crippen LogP contribution >= 0.6 is 11.3 Å². The highest BCUT2D eigenvalue weighted by Crippen LogP contribution is 2.23. The number of fused-ring (bicyclic) bond motifs is 1. The minimum atomic E-state index is -0.134. The molecule has 6 heteroatoms. The van der Waals surface area contributed by atoms with Crippen LogP contribution in [0.1, 0.15) is 5.01 Å². The van der Waals surface area contributed by atoms with Gasteiger partial charge in [0.1, 0.15) is 10.8 Å². The van der Waals surface area contributed by atoms with Crippen molar-refractivity contribution in [3.8, 4) is 16.5 Å². The molecule has 0 aliphatic heterocycles. The number of rotatable bonds is 2. The molecule has 0 aliphatic rings. The topological polar surface area (TPSA) is 60.7 Å². The second-order valence-electron chi connectivity index (χ2n) is 5.06. The first-order chi connectivity index (χ1) is 11.2. The van der Waals surface area contributed by atoms with Gasteiger partial charge in [-0.2, -0.15) is 0 Å². The average Bonchev–Trinajstić information content (AvgIpc) is 3.01. The summed E-state index contributed by atoms with van der Waals surface area (Å²) in [5.74, 6) is 0.574. The van der Waals surface area contributed by atoms with Crippen molar-refractivity contribution in [2.24, 2.45) is 0 Å². The summed E-state index contributed by atoms with van der Waals surface area (Å²) in [6.07, 6.45) is 0. The van der Waals surface area contributed by atoms with E-state index < -0.39 is 0 Å². The minimum absolute atomic E-state index is 0.134. The Kier molecular flexibility index (Phi) is 3.24. The third-order valence-corrected chi connectivity index (χ3v) is 4.34. The standard InChI is InChI=1S/C17H12N4OS/c1-11-19-20-17(23-11)21-15(12-7-3-2-4-8-12)18-14-10-6-5-9-13(14)16(21)22/h2-10H,1H3. The Hall–Kier alpha value is -2.86. The fraction of sp³-hybridized carbons (Fsp3) is 0.0588. The molecule has 112 valence electrons. The molecule has 0 spiro atoms. The lowest BCUT2D eigenvalue weighted by Crippen LogP contribution is -2.21. The zero-order valence-corrected chi connectivity index (χ0v) is 13.1. The monoisotopic (exact) mass is 320 g/mol. The quantitative estimate of drug-likeness (QED) is 0.569. The summed E-state index contributed by atoms with van der Waals surface area (Å²) in [4.78, 5) is 17.7. The van der Waals surface area contributed by atoms with E-state index in [2.05, 4.69) is 10.2 Å². The zero-order valence-electron chi connectivity index (χ0n) is 12.3. The van der Waals surface area contributed by atoms with Crippen molar-refractivity contribution in [3.05, 3.63) is 70.0 Å². The molecule has 23 heavy (non-hydrogen) atoms. The smallest absolute Gasteiger partial charge is 0.268 e. The van der Waals surface area contributed by atoms with Gasteiger partial charge in [0.2, 0.25) is 5.13 Å². The molecular formula is C17H12N4OS. The van der Waals surface area contributed by atoms with Crippen molar-refractivity contribution in [2.45, 2.75) is 6.92 Å². The van der Waals surface area contributed by atoms with Crippen LogP contribution in [0.15, 0.2) is 59.4 Å². The molecule has 2 heterocycles. The first kappa shape index (κ1) is 13.8. The van der Waals surface area contributed by atoms with Gasteiger partial charge in [-0.05, 0) is 19.1 Å². The van der Waals surface area contributed by atoms with Crippen LogP contribution in [0.3, 0.4) is 0 Å². The van der Waals surface area contributed by atoms with Crippen LogP contribution in [0.4, 0.5) is 0 Å². The van der Waals surface area contributed by atoms with E-state index in [0.29, 0.717) is 21.9 Å². The number of nitrogens with zero attached hydrogens (tertiary/aromatic N) is 4. The van der Waals surface area contributed by atoms with Gasteiger partial charge in [-0.3, -0.25) is 4.79 Å². The second kappa shape index (κ2) is 5.40. The largest absolute Gasteiger partial charge is 0.268 e. The van der Waals surface area contributed by atoms with Crippen LogP contribution in [-0.4, -0.2) is 19.7 Å². The molecule has 4 aromatic rings. The molecule has 5 nitrogen and oxygen atoms in total. The van der Waals surface area contributed by atoms with E-state index in [4.69, 9.17) is 4.98 Å². The molecule has 0 unspecified atom stereocenters.